The highest BCUT2D eigenvalue weighted by Gasteiger charge is 2.25. The van der Waals surface area contributed by atoms with E-state index in [-0.39, 0.29) is 9.09 Å². The first-order valence-electron chi connectivity index (χ1n) is 5.25. The Morgan fingerprint density at radius 3 is 2.61 bits per heavy atom. The van der Waals surface area contributed by atoms with Gasteiger partial charge in [-0.1, -0.05) is 0 Å². The average molecular weight is 292 g/mol. The van der Waals surface area contributed by atoms with Crippen LogP contribution in [0.25, 0.3) is 0 Å². The number of carboxylic acids is 1. The maximum Gasteiger partial charge on any atom is 0.346 e. The van der Waals surface area contributed by atoms with Gasteiger partial charge in [-0.25, -0.2) is 13.2 Å². The third kappa shape index (κ3) is 3.08. The van der Waals surface area contributed by atoms with Crippen molar-refractivity contribution in [3.05, 3.63) is 16.5 Å². The molecule has 0 aliphatic heterocycles. The molecule has 0 aliphatic carbocycles. The normalized spacial score (nSPS) is 12.0. The summed E-state index contributed by atoms with van der Waals surface area (Å²) in [6.07, 6.45) is 0. The number of hydrogen-bond acceptors (Lipinski definition) is 5. The van der Waals surface area contributed by atoms with E-state index in [0.717, 1.165) is 11.3 Å². The van der Waals surface area contributed by atoms with Crippen molar-refractivity contribution in [2.45, 2.75) is 11.1 Å². The van der Waals surface area contributed by atoms with Crippen LogP contribution in [0.5, 0.6) is 0 Å². The van der Waals surface area contributed by atoms with E-state index in [1.54, 1.807) is 14.0 Å². The minimum atomic E-state index is -3.60. The number of likely N-dealkylation sites (N-methyl/N-ethyl adjacent to an activating group) is 2. The van der Waals surface area contributed by atoms with Gasteiger partial charge in [-0.05, 0) is 25.6 Å². The Bertz CT molecular complexity index is 536. The molecule has 0 radical (unpaired) electrons. The number of nitrogens with one attached hydrogen (secondary N) is 1. The van der Waals surface area contributed by atoms with Gasteiger partial charge < -0.3 is 10.4 Å². The Morgan fingerprint density at radius 2 is 2.17 bits per heavy atom. The van der Waals surface area contributed by atoms with Crippen LogP contribution in [-0.4, -0.2) is 51.0 Å². The second-order valence-electron chi connectivity index (χ2n) is 3.81. The number of hydrogen-bond donors (Lipinski definition) is 2. The van der Waals surface area contributed by atoms with E-state index in [9.17, 15) is 13.2 Å². The Hall–Kier alpha value is -0.960. The van der Waals surface area contributed by atoms with E-state index in [2.05, 4.69) is 5.32 Å². The molecular weight excluding hydrogens is 276 g/mol. The van der Waals surface area contributed by atoms with Crippen LogP contribution in [-0.2, 0) is 10.0 Å². The van der Waals surface area contributed by atoms with E-state index in [1.165, 1.54) is 17.4 Å². The summed E-state index contributed by atoms with van der Waals surface area (Å²) in [6.45, 7) is 2.45. The van der Waals surface area contributed by atoms with Gasteiger partial charge in [-0.3, -0.25) is 0 Å². The van der Waals surface area contributed by atoms with Crippen LogP contribution in [0.4, 0.5) is 0 Å². The molecule has 102 valence electrons. The van der Waals surface area contributed by atoms with E-state index in [0.29, 0.717) is 18.7 Å². The molecule has 8 heteroatoms. The Kier molecular flexibility index (Phi) is 4.85. The lowest BCUT2D eigenvalue weighted by atomic mass is 10.3. The molecule has 0 aliphatic rings. The first kappa shape index (κ1) is 15.1. The fourth-order valence-electron chi connectivity index (χ4n) is 1.34. The summed E-state index contributed by atoms with van der Waals surface area (Å²) in [5.41, 5.74) is 0.466. The zero-order chi connectivity index (χ0) is 13.9. The average Bonchev–Trinajstić information content (AvgIpc) is 2.68. The van der Waals surface area contributed by atoms with Gasteiger partial charge in [-0.15, -0.1) is 11.3 Å². The Morgan fingerprint density at radius 1 is 1.56 bits per heavy atom. The molecule has 18 heavy (non-hydrogen) atoms. The van der Waals surface area contributed by atoms with Crippen molar-refractivity contribution in [3.8, 4) is 0 Å². The smallest absolute Gasteiger partial charge is 0.346 e. The predicted molar refractivity (Wildman–Crippen MR) is 69.8 cm³/mol. The van der Waals surface area contributed by atoms with Crippen molar-refractivity contribution < 1.29 is 18.3 Å². The molecule has 0 bridgehead atoms. The highest BCUT2D eigenvalue weighted by Crippen LogP contribution is 2.27. The molecule has 0 saturated carbocycles. The molecule has 6 nitrogen and oxygen atoms in total. The number of thiophene rings is 1. The van der Waals surface area contributed by atoms with Crippen LogP contribution >= 0.6 is 11.3 Å². The molecule has 0 aromatic carbocycles. The summed E-state index contributed by atoms with van der Waals surface area (Å²) in [6, 6.07) is 1.40. The highest BCUT2D eigenvalue weighted by atomic mass is 32.2. The molecule has 0 fully saturated rings. The molecule has 1 aromatic rings. The third-order valence-electron chi connectivity index (χ3n) is 2.43. The van der Waals surface area contributed by atoms with E-state index < -0.39 is 16.0 Å². The SMILES string of the molecule is CNCCN(C)S(=O)(=O)c1cc(C)c(C(=O)O)s1. The van der Waals surface area contributed by atoms with Crippen molar-refractivity contribution >= 4 is 27.3 Å². The van der Waals surface area contributed by atoms with Crippen molar-refractivity contribution in [2.75, 3.05) is 27.2 Å². The second-order valence-corrected chi connectivity index (χ2v) is 7.14. The molecule has 0 atom stereocenters. The minimum absolute atomic E-state index is 0.0654. The summed E-state index contributed by atoms with van der Waals surface area (Å²) >= 11 is 0.787. The summed E-state index contributed by atoms with van der Waals surface area (Å²) in [7, 11) is -0.389. The summed E-state index contributed by atoms with van der Waals surface area (Å²) in [4.78, 5) is 11.0. The van der Waals surface area contributed by atoms with Crippen molar-refractivity contribution in [1.29, 1.82) is 0 Å². The largest absolute Gasteiger partial charge is 0.477 e. The fraction of sp³-hybridized carbons (Fsp3) is 0.500. The van der Waals surface area contributed by atoms with Gasteiger partial charge in [0.2, 0.25) is 0 Å². The fourth-order valence-corrected chi connectivity index (χ4v) is 4.10. The van der Waals surface area contributed by atoms with Crippen molar-refractivity contribution in [3.63, 3.8) is 0 Å². The van der Waals surface area contributed by atoms with Crippen molar-refractivity contribution in [1.82, 2.24) is 9.62 Å². The van der Waals surface area contributed by atoms with Gasteiger partial charge in [-0.2, -0.15) is 4.31 Å². The number of aryl methyl sites for hydroxylation is 1. The van der Waals surface area contributed by atoms with Crippen LogP contribution < -0.4 is 5.32 Å². The quantitative estimate of drug-likeness (QED) is 0.801. The van der Waals surface area contributed by atoms with Crippen LogP contribution in [0.2, 0.25) is 0 Å². The number of rotatable bonds is 6. The standard InChI is InChI=1S/C10H16N2O4S2/c1-7-6-8(17-9(7)10(13)14)18(15,16)12(3)5-4-11-2/h6,11H,4-5H2,1-3H3,(H,13,14). The summed E-state index contributed by atoms with van der Waals surface area (Å²) < 4.78 is 25.6. The molecule has 1 rings (SSSR count). The minimum Gasteiger partial charge on any atom is -0.477 e. The van der Waals surface area contributed by atoms with Gasteiger partial charge in [0.25, 0.3) is 10.0 Å². The molecule has 1 aromatic heterocycles. The molecule has 1 heterocycles. The zero-order valence-electron chi connectivity index (χ0n) is 10.4. The highest BCUT2D eigenvalue weighted by molar-refractivity contribution is 7.91. The summed E-state index contributed by atoms with van der Waals surface area (Å²) in [5.74, 6) is -1.10. The maximum absolute atomic E-state index is 12.1. The molecule has 2 N–H and O–H groups in total. The topological polar surface area (TPSA) is 86.7 Å². The van der Waals surface area contributed by atoms with E-state index >= 15 is 0 Å². The van der Waals surface area contributed by atoms with E-state index in [4.69, 9.17) is 5.11 Å². The van der Waals surface area contributed by atoms with E-state index in [1.807, 2.05) is 0 Å². The van der Waals surface area contributed by atoms with Gasteiger partial charge in [0.1, 0.15) is 9.09 Å². The second kappa shape index (κ2) is 5.79. The van der Waals surface area contributed by atoms with Gasteiger partial charge in [0, 0.05) is 20.1 Å². The van der Waals surface area contributed by atoms with Gasteiger partial charge in [0.05, 0.1) is 0 Å². The summed E-state index contributed by atoms with van der Waals surface area (Å²) in [5, 5.41) is 11.8. The molecule has 0 unspecified atom stereocenters. The number of nitrogens with zero attached hydrogens (tertiary/aromatic N) is 1. The zero-order valence-corrected chi connectivity index (χ0v) is 12.1. The molecule has 0 amide bonds. The number of carbonyl (C=O) groups is 1. The Balaban J connectivity index is 3.05. The van der Waals surface area contributed by atoms with Crippen LogP contribution in [0.3, 0.4) is 0 Å². The lowest BCUT2D eigenvalue weighted by Crippen LogP contribution is -2.32. The van der Waals surface area contributed by atoms with Gasteiger partial charge in [0.15, 0.2) is 0 Å². The van der Waals surface area contributed by atoms with Crippen LogP contribution in [0.15, 0.2) is 10.3 Å². The van der Waals surface area contributed by atoms with Gasteiger partial charge >= 0.3 is 5.97 Å². The van der Waals surface area contributed by atoms with Crippen LogP contribution in [0.1, 0.15) is 15.2 Å². The lowest BCUT2D eigenvalue weighted by molar-refractivity contribution is 0.0701. The Labute approximate surface area is 110 Å². The number of aromatic carboxylic acids is 1. The molecule has 0 saturated heterocycles. The van der Waals surface area contributed by atoms with Crippen molar-refractivity contribution in [2.24, 2.45) is 0 Å². The monoisotopic (exact) mass is 292 g/mol. The first-order chi connectivity index (χ1) is 8.30. The lowest BCUT2D eigenvalue weighted by Gasteiger charge is -2.15. The maximum atomic E-state index is 12.1. The number of sulfonamides is 1. The molecular formula is C10H16N2O4S2. The molecule has 0 spiro atoms. The number of carboxylic acid groups (broad SMARTS) is 1. The first-order valence-corrected chi connectivity index (χ1v) is 7.51. The predicted octanol–water partition coefficient (Wildman–Crippen LogP) is 0.595. The van der Waals surface area contributed by atoms with Crippen LogP contribution in [0, 0.1) is 6.92 Å². The third-order valence-corrected chi connectivity index (χ3v) is 5.96.